The lowest BCUT2D eigenvalue weighted by molar-refractivity contribution is 0.297. The van der Waals surface area contributed by atoms with E-state index in [9.17, 15) is 0 Å². The first-order valence-electron chi connectivity index (χ1n) is 5.58. The van der Waals surface area contributed by atoms with Crippen molar-refractivity contribution in [3.63, 3.8) is 0 Å². The topological polar surface area (TPSA) is 57.1 Å². The molecular weight excluding hydrogens is 254 g/mol. The molecule has 5 nitrogen and oxygen atoms in total. The van der Waals surface area contributed by atoms with Crippen LogP contribution in [-0.2, 0) is 0 Å². The molecular formula is C12H10ClN3O2. The number of nitrogens with zero attached hydrogens (tertiary/aromatic N) is 3. The lowest BCUT2D eigenvalue weighted by Crippen LogP contribution is -1.97. The van der Waals surface area contributed by atoms with Gasteiger partial charge in [-0.1, -0.05) is 11.6 Å². The Morgan fingerprint density at radius 1 is 1.11 bits per heavy atom. The Morgan fingerprint density at radius 3 is 2.78 bits per heavy atom. The third-order valence-corrected chi connectivity index (χ3v) is 2.72. The summed E-state index contributed by atoms with van der Waals surface area (Å²) in [6, 6.07) is 5.55. The van der Waals surface area contributed by atoms with Crippen molar-refractivity contribution < 1.29 is 9.47 Å². The van der Waals surface area contributed by atoms with E-state index in [0.717, 1.165) is 17.7 Å². The van der Waals surface area contributed by atoms with Crippen molar-refractivity contribution in [1.29, 1.82) is 0 Å². The summed E-state index contributed by atoms with van der Waals surface area (Å²) in [4.78, 5) is 4.11. The molecule has 0 fully saturated rings. The molecule has 0 radical (unpaired) electrons. The van der Waals surface area contributed by atoms with E-state index in [-0.39, 0.29) is 0 Å². The van der Waals surface area contributed by atoms with Gasteiger partial charge in [0.1, 0.15) is 0 Å². The van der Waals surface area contributed by atoms with Crippen molar-refractivity contribution in [2.24, 2.45) is 0 Å². The van der Waals surface area contributed by atoms with Gasteiger partial charge in [0.25, 0.3) is 0 Å². The van der Waals surface area contributed by atoms with E-state index < -0.39 is 0 Å². The number of aromatic nitrogens is 3. The number of hydrogen-bond acceptors (Lipinski definition) is 5. The van der Waals surface area contributed by atoms with Crippen molar-refractivity contribution in [3.05, 3.63) is 29.5 Å². The van der Waals surface area contributed by atoms with Gasteiger partial charge in [-0.2, -0.15) is 5.10 Å². The highest BCUT2D eigenvalue weighted by Gasteiger charge is 2.12. The second kappa shape index (κ2) is 4.78. The minimum Gasteiger partial charge on any atom is -0.490 e. The normalized spacial score (nSPS) is 14.1. The Morgan fingerprint density at radius 2 is 1.94 bits per heavy atom. The van der Waals surface area contributed by atoms with Crippen molar-refractivity contribution in [2.45, 2.75) is 6.42 Å². The molecule has 0 aliphatic carbocycles. The molecule has 0 spiro atoms. The highest BCUT2D eigenvalue weighted by Crippen LogP contribution is 2.33. The Balaban J connectivity index is 2.01. The maximum atomic E-state index is 5.79. The molecule has 6 heteroatoms. The lowest BCUT2D eigenvalue weighted by Gasteiger charge is -2.08. The van der Waals surface area contributed by atoms with Crippen LogP contribution in [0.3, 0.4) is 0 Å². The molecule has 1 aliphatic heterocycles. The van der Waals surface area contributed by atoms with Gasteiger partial charge in [0.05, 0.1) is 19.4 Å². The summed E-state index contributed by atoms with van der Waals surface area (Å²) in [5, 5.41) is 8.03. The molecule has 2 aromatic rings. The van der Waals surface area contributed by atoms with E-state index in [1.54, 1.807) is 0 Å². The smallest absolute Gasteiger partial charge is 0.183 e. The molecule has 0 amide bonds. The van der Waals surface area contributed by atoms with Crippen LogP contribution in [0.1, 0.15) is 6.42 Å². The molecule has 0 saturated carbocycles. The largest absolute Gasteiger partial charge is 0.490 e. The van der Waals surface area contributed by atoms with E-state index in [2.05, 4.69) is 15.2 Å². The highest BCUT2D eigenvalue weighted by atomic mass is 35.5. The number of benzene rings is 1. The van der Waals surface area contributed by atoms with E-state index in [1.165, 1.54) is 6.20 Å². The van der Waals surface area contributed by atoms with Crippen LogP contribution in [0.15, 0.2) is 24.4 Å². The molecule has 92 valence electrons. The second-order valence-electron chi connectivity index (χ2n) is 3.81. The summed E-state index contributed by atoms with van der Waals surface area (Å²) in [5.41, 5.74) is 0.800. The quantitative estimate of drug-likeness (QED) is 0.790. The SMILES string of the molecule is Clc1cnnc(-c2ccc3c(c2)OCCCO3)n1. The molecule has 0 unspecified atom stereocenters. The van der Waals surface area contributed by atoms with Gasteiger partial charge in [0.2, 0.25) is 0 Å². The van der Waals surface area contributed by atoms with E-state index in [1.807, 2.05) is 18.2 Å². The van der Waals surface area contributed by atoms with Crippen molar-refractivity contribution >= 4 is 11.6 Å². The number of hydrogen-bond donors (Lipinski definition) is 0. The van der Waals surface area contributed by atoms with Crippen LogP contribution in [0, 0.1) is 0 Å². The van der Waals surface area contributed by atoms with Crippen LogP contribution in [0.25, 0.3) is 11.4 Å². The van der Waals surface area contributed by atoms with E-state index >= 15 is 0 Å². The van der Waals surface area contributed by atoms with Crippen LogP contribution in [0.5, 0.6) is 11.5 Å². The predicted molar refractivity (Wildman–Crippen MR) is 65.9 cm³/mol. The Labute approximate surface area is 109 Å². The molecule has 1 aromatic carbocycles. The zero-order valence-corrected chi connectivity index (χ0v) is 10.2. The first-order valence-corrected chi connectivity index (χ1v) is 5.96. The molecule has 2 heterocycles. The molecule has 18 heavy (non-hydrogen) atoms. The minimum absolute atomic E-state index is 0.312. The molecule has 3 rings (SSSR count). The van der Waals surface area contributed by atoms with Crippen LogP contribution in [-0.4, -0.2) is 28.4 Å². The summed E-state index contributed by atoms with van der Waals surface area (Å²) in [6.07, 6.45) is 2.27. The van der Waals surface area contributed by atoms with Crippen LogP contribution in [0.4, 0.5) is 0 Å². The third-order valence-electron chi connectivity index (χ3n) is 2.54. The standard InChI is InChI=1S/C12H10ClN3O2/c13-11-7-14-16-12(15-11)8-2-3-9-10(6-8)18-5-1-4-17-9/h2-3,6-7H,1,4-5H2. The van der Waals surface area contributed by atoms with Gasteiger partial charge < -0.3 is 9.47 Å². The number of rotatable bonds is 1. The fourth-order valence-electron chi connectivity index (χ4n) is 1.71. The summed E-state index contributed by atoms with van der Waals surface area (Å²) in [6.45, 7) is 1.31. The zero-order chi connectivity index (χ0) is 12.4. The van der Waals surface area contributed by atoms with Gasteiger partial charge in [-0.3, -0.25) is 0 Å². The number of fused-ring (bicyclic) bond motifs is 1. The molecule has 0 N–H and O–H groups in total. The third kappa shape index (κ3) is 2.22. The van der Waals surface area contributed by atoms with Crippen molar-refractivity contribution in [2.75, 3.05) is 13.2 Å². The summed E-state index contributed by atoms with van der Waals surface area (Å²) < 4.78 is 11.2. The average molecular weight is 264 g/mol. The maximum absolute atomic E-state index is 5.79. The highest BCUT2D eigenvalue weighted by molar-refractivity contribution is 6.29. The van der Waals surface area contributed by atoms with Crippen molar-refractivity contribution in [3.8, 4) is 22.9 Å². The fourth-order valence-corrected chi connectivity index (χ4v) is 1.83. The molecule has 0 atom stereocenters. The van der Waals surface area contributed by atoms with Gasteiger partial charge in [0.15, 0.2) is 22.5 Å². The molecule has 0 saturated heterocycles. The van der Waals surface area contributed by atoms with Crippen LogP contribution in [0.2, 0.25) is 5.15 Å². The minimum atomic E-state index is 0.312. The first kappa shape index (κ1) is 11.2. The van der Waals surface area contributed by atoms with Gasteiger partial charge in [0, 0.05) is 12.0 Å². The molecule has 1 aromatic heterocycles. The van der Waals surface area contributed by atoms with Crippen LogP contribution < -0.4 is 9.47 Å². The zero-order valence-electron chi connectivity index (χ0n) is 9.47. The maximum Gasteiger partial charge on any atom is 0.183 e. The summed E-state index contributed by atoms with van der Waals surface area (Å²) in [7, 11) is 0. The van der Waals surface area contributed by atoms with Gasteiger partial charge in [-0.25, -0.2) is 4.98 Å². The predicted octanol–water partition coefficient (Wildman–Crippen LogP) is 2.35. The monoisotopic (exact) mass is 263 g/mol. The average Bonchev–Trinajstić information content (AvgIpc) is 2.63. The van der Waals surface area contributed by atoms with Crippen molar-refractivity contribution in [1.82, 2.24) is 15.2 Å². The summed E-state index contributed by atoms with van der Waals surface area (Å²) >= 11 is 5.79. The lowest BCUT2D eigenvalue weighted by atomic mass is 10.2. The van der Waals surface area contributed by atoms with Gasteiger partial charge in [-0.15, -0.1) is 5.10 Å². The Bertz CT molecular complexity index is 577. The van der Waals surface area contributed by atoms with E-state index in [0.29, 0.717) is 29.9 Å². The van der Waals surface area contributed by atoms with Gasteiger partial charge >= 0.3 is 0 Å². The van der Waals surface area contributed by atoms with Gasteiger partial charge in [-0.05, 0) is 18.2 Å². The fraction of sp³-hybridized carbons (Fsp3) is 0.250. The summed E-state index contributed by atoms with van der Waals surface area (Å²) in [5.74, 6) is 1.91. The molecule has 1 aliphatic rings. The molecule has 0 bridgehead atoms. The Kier molecular flexibility index (Phi) is 2.98. The van der Waals surface area contributed by atoms with E-state index in [4.69, 9.17) is 21.1 Å². The number of halogens is 1. The Hall–Kier alpha value is -1.88. The van der Waals surface area contributed by atoms with Crippen LogP contribution >= 0.6 is 11.6 Å². The second-order valence-corrected chi connectivity index (χ2v) is 4.20. The number of ether oxygens (including phenoxy) is 2. The first-order chi connectivity index (χ1) is 8.83.